The average Bonchev–Trinajstić information content (AvgIpc) is 3.67. The van der Waals surface area contributed by atoms with Gasteiger partial charge in [-0.2, -0.15) is 5.10 Å². The van der Waals surface area contributed by atoms with Crippen molar-refractivity contribution in [1.29, 1.82) is 0 Å². The van der Waals surface area contributed by atoms with Crippen molar-refractivity contribution >= 4 is 64.6 Å². The molecular formula is C50H82ClFN4O12S. The van der Waals surface area contributed by atoms with Crippen LogP contribution in [0.2, 0.25) is 5.02 Å². The Hall–Kier alpha value is -4.68. The second-order valence-corrected chi connectivity index (χ2v) is 20.5. The highest BCUT2D eigenvalue weighted by Crippen LogP contribution is 2.32. The number of amides is 2. The lowest BCUT2D eigenvalue weighted by molar-refractivity contribution is -0.156. The Balaban J connectivity index is 0. The number of nitrogens with zero attached hydrogens (tertiary/aromatic N) is 3. The Morgan fingerprint density at radius 1 is 0.754 bits per heavy atom. The number of benzene rings is 1. The van der Waals surface area contributed by atoms with E-state index in [-0.39, 0.29) is 65.0 Å². The first-order valence-electron chi connectivity index (χ1n) is 23.2. The van der Waals surface area contributed by atoms with Crippen molar-refractivity contribution in [3.8, 4) is 11.3 Å². The van der Waals surface area contributed by atoms with Gasteiger partial charge in [-0.25, -0.2) is 4.39 Å². The summed E-state index contributed by atoms with van der Waals surface area (Å²) in [6, 6.07) is 4.16. The minimum absolute atomic E-state index is 0.0427. The highest BCUT2D eigenvalue weighted by atomic mass is 35.5. The molecule has 2 aromatic rings. The third-order valence-corrected chi connectivity index (χ3v) is 11.6. The minimum Gasteiger partial charge on any atom is -0.486 e. The number of aliphatic hydroxyl groups excluding tert-OH is 1. The Bertz CT molecular complexity index is 1990. The number of carboxylic acids is 1. The summed E-state index contributed by atoms with van der Waals surface area (Å²) in [7, 11) is 0. The number of aliphatic hydroxyl groups is 1. The average molecular weight is 1020 g/mol. The molecule has 0 radical (unpaired) electrons. The van der Waals surface area contributed by atoms with Gasteiger partial charge in [-0.05, 0) is 125 Å². The molecule has 19 heteroatoms. The maximum absolute atomic E-state index is 13.5. The minimum atomic E-state index is -0.754. The second kappa shape index (κ2) is 30.1. The van der Waals surface area contributed by atoms with E-state index in [0.717, 1.165) is 12.8 Å². The van der Waals surface area contributed by atoms with Gasteiger partial charge in [0.25, 0.3) is 5.91 Å². The molecule has 0 fully saturated rings. The van der Waals surface area contributed by atoms with E-state index in [1.807, 2.05) is 34.6 Å². The zero-order valence-electron chi connectivity index (χ0n) is 44.3. The second-order valence-electron chi connectivity index (χ2n) is 19.5. The molecule has 0 spiro atoms. The molecule has 0 bridgehead atoms. The van der Waals surface area contributed by atoms with E-state index >= 15 is 0 Å². The van der Waals surface area contributed by atoms with Crippen LogP contribution in [0.1, 0.15) is 159 Å². The molecule has 1 aromatic heterocycles. The van der Waals surface area contributed by atoms with Crippen molar-refractivity contribution in [2.24, 2.45) is 32.8 Å². The number of aromatic nitrogens is 2. The normalized spacial score (nSPS) is 12.3. The largest absolute Gasteiger partial charge is 0.486 e. The van der Waals surface area contributed by atoms with Crippen molar-refractivity contribution in [3.63, 3.8) is 0 Å². The number of halogens is 2. The van der Waals surface area contributed by atoms with E-state index in [0.29, 0.717) is 67.8 Å². The standard InChI is InChI=1S/C20H24ClFN4O2.C9H16O3S.C8H16O2.C7H14O3.C6H12O2/c1-4-20(2,3)10-16(27)25-7-8-26-15(11-25)17(19(23)28)18(24-26)12-5-6-14(22)13(21)9-12;1-5-11-8(10)9(3,4)6-12-7(2)13;1-5-8(3,4)7(9)10-6-2;1-4-10-6(9)7(2,3)5-8;1-4-6(2,3)5(7)8/h5-6,9H,4,7-8,10-11H2,1-3H3,(H2,23,28);5-6H2,1-4H3;5-6H2,1-4H3;8H,4-5H2,1-3H3;4H2,1-3H3,(H,7,8). The van der Waals surface area contributed by atoms with Crippen LogP contribution in [0.25, 0.3) is 11.3 Å². The van der Waals surface area contributed by atoms with Gasteiger partial charge in [0.15, 0.2) is 5.05 Å². The molecule has 0 unspecified atom stereocenters. The summed E-state index contributed by atoms with van der Waals surface area (Å²) in [5.74, 6) is -2.58. The summed E-state index contributed by atoms with van der Waals surface area (Å²) >= 11 is 10.6. The van der Waals surface area contributed by atoms with Crippen LogP contribution in [-0.4, -0.2) is 105 Å². The summed E-state index contributed by atoms with van der Waals surface area (Å²) in [5.41, 5.74) is 5.01. The number of carboxylic acid groups (broad SMARTS) is 1. The molecule has 0 saturated heterocycles. The molecule has 3 rings (SSSR count). The van der Waals surface area contributed by atoms with Gasteiger partial charge in [-0.3, -0.25) is 33.4 Å². The molecule has 0 saturated carbocycles. The molecule has 1 aliphatic heterocycles. The van der Waals surface area contributed by atoms with Crippen LogP contribution in [0.4, 0.5) is 4.39 Å². The van der Waals surface area contributed by atoms with Gasteiger partial charge < -0.3 is 39.8 Å². The number of hydrogen-bond donors (Lipinski definition) is 3. The number of hydrogen-bond acceptors (Lipinski definition) is 13. The van der Waals surface area contributed by atoms with E-state index < -0.39 is 33.9 Å². The van der Waals surface area contributed by atoms with E-state index in [2.05, 4.69) is 25.9 Å². The fourth-order valence-corrected chi connectivity index (χ4v) is 5.20. The van der Waals surface area contributed by atoms with Crippen molar-refractivity contribution in [2.45, 2.75) is 156 Å². The first-order valence-corrected chi connectivity index (χ1v) is 24.0. The quantitative estimate of drug-likeness (QED) is 0.0762. The van der Waals surface area contributed by atoms with Crippen LogP contribution in [0.5, 0.6) is 0 Å². The lowest BCUT2D eigenvalue weighted by Crippen LogP contribution is -2.40. The van der Waals surface area contributed by atoms with Crippen molar-refractivity contribution in [2.75, 3.05) is 39.6 Å². The van der Waals surface area contributed by atoms with E-state index in [4.69, 9.17) is 58.7 Å². The lowest BCUT2D eigenvalue weighted by atomic mass is 9.86. The van der Waals surface area contributed by atoms with Crippen molar-refractivity contribution < 1.29 is 62.3 Å². The number of esters is 3. The molecule has 1 aromatic carbocycles. The Morgan fingerprint density at radius 2 is 1.23 bits per heavy atom. The van der Waals surface area contributed by atoms with Crippen LogP contribution < -0.4 is 5.73 Å². The molecule has 394 valence electrons. The van der Waals surface area contributed by atoms with Crippen LogP contribution in [0, 0.1) is 32.9 Å². The molecule has 69 heavy (non-hydrogen) atoms. The monoisotopic (exact) mass is 1020 g/mol. The molecule has 2 heterocycles. The van der Waals surface area contributed by atoms with Gasteiger partial charge in [-0.15, -0.1) is 0 Å². The van der Waals surface area contributed by atoms with Crippen LogP contribution in [0.3, 0.4) is 0 Å². The molecule has 0 atom stereocenters. The Morgan fingerprint density at radius 3 is 1.61 bits per heavy atom. The number of primary amides is 1. The summed E-state index contributed by atoms with van der Waals surface area (Å²) < 4.78 is 34.7. The molecule has 0 aliphatic carbocycles. The number of carbonyl (C=O) groups excluding carboxylic acids is 5. The van der Waals surface area contributed by atoms with Crippen molar-refractivity contribution in [3.05, 3.63) is 40.3 Å². The van der Waals surface area contributed by atoms with Gasteiger partial charge in [0.2, 0.25) is 5.91 Å². The fourth-order valence-electron chi connectivity index (χ4n) is 4.96. The molecule has 2 amide bonds. The van der Waals surface area contributed by atoms with Crippen molar-refractivity contribution in [1.82, 2.24) is 14.7 Å². The maximum atomic E-state index is 13.5. The summed E-state index contributed by atoms with van der Waals surface area (Å²) in [4.78, 5) is 70.2. The summed E-state index contributed by atoms with van der Waals surface area (Å²) in [6.07, 6.45) is 2.84. The smallest absolute Gasteiger partial charge is 0.314 e. The van der Waals surface area contributed by atoms with Gasteiger partial charge in [0.05, 0.1) is 77.5 Å². The predicted octanol–water partition coefficient (Wildman–Crippen LogP) is 9.61. The van der Waals surface area contributed by atoms with Crippen LogP contribution >= 0.6 is 23.8 Å². The molecule has 4 N–H and O–H groups in total. The van der Waals surface area contributed by atoms with Gasteiger partial charge in [0, 0.05) is 25.5 Å². The maximum Gasteiger partial charge on any atom is 0.314 e. The Kier molecular flexibility index (Phi) is 29.0. The third kappa shape index (κ3) is 23.2. The Labute approximate surface area is 420 Å². The van der Waals surface area contributed by atoms with E-state index in [1.54, 1.807) is 71.9 Å². The first kappa shape index (κ1) is 66.4. The van der Waals surface area contributed by atoms with Gasteiger partial charge in [0.1, 0.15) is 18.1 Å². The zero-order chi connectivity index (χ0) is 54.3. The number of nitrogens with two attached hydrogens (primary N) is 1. The number of ether oxygens (including phenoxy) is 4. The topological polar surface area (TPSA) is 227 Å². The molecular weight excluding hydrogens is 935 g/mol. The van der Waals surface area contributed by atoms with Crippen LogP contribution in [0.15, 0.2) is 18.2 Å². The number of carbonyl (C=O) groups is 6. The fraction of sp³-hybridized carbons (Fsp3) is 0.680. The number of aliphatic carboxylic acids is 1. The summed E-state index contributed by atoms with van der Waals surface area (Å²) in [5, 5.41) is 22.0. The third-order valence-electron chi connectivity index (χ3n) is 11.2. The van der Waals surface area contributed by atoms with Gasteiger partial charge >= 0.3 is 23.9 Å². The van der Waals surface area contributed by atoms with E-state index in [9.17, 15) is 33.2 Å². The first-order chi connectivity index (χ1) is 31.6. The predicted molar refractivity (Wildman–Crippen MR) is 270 cm³/mol. The highest BCUT2D eigenvalue weighted by molar-refractivity contribution is 7.80. The number of rotatable bonds is 17. The van der Waals surface area contributed by atoms with Crippen LogP contribution in [-0.2, 0) is 56.0 Å². The lowest BCUT2D eigenvalue weighted by Gasteiger charge is -2.31. The molecule has 1 aliphatic rings. The number of thiocarbonyl (C=S) groups is 1. The number of fused-ring (bicyclic) bond motifs is 1. The summed E-state index contributed by atoms with van der Waals surface area (Å²) in [6.45, 7) is 33.6. The highest BCUT2D eigenvalue weighted by Gasteiger charge is 2.33. The molecule has 16 nitrogen and oxygen atoms in total. The van der Waals surface area contributed by atoms with E-state index in [1.165, 1.54) is 18.2 Å². The van der Waals surface area contributed by atoms with Gasteiger partial charge in [-0.1, -0.05) is 52.6 Å². The SMILES string of the molecule is CCC(C)(C)C(=O)O.CCC(C)(C)CC(=O)N1CCn2nc(-c3ccc(F)c(Cl)c3)c(C(N)=O)c2C1.CCOC(=O)C(C)(C)CC.CCOC(=O)C(C)(C)CO.CCOC(=O)C(C)(C)COC(C)=S. The zero-order valence-corrected chi connectivity index (χ0v) is 45.8.